The number of hydrogen-bond acceptors (Lipinski definition) is 3. The standard InChI is InChI=1S/C22H21ClN2O2/c23-18-9-5-16(6-10-18)13-14-25(15-17-7-11-19(26)12-8-17)21-4-2-1-3-20(21)22(24)27/h1-12,26H,13-15H2,(H2,24,27). The van der Waals surface area contributed by atoms with Gasteiger partial charge in [0.25, 0.3) is 5.91 Å². The Morgan fingerprint density at radius 2 is 1.56 bits per heavy atom. The van der Waals surface area contributed by atoms with Gasteiger partial charge in [0.15, 0.2) is 0 Å². The van der Waals surface area contributed by atoms with E-state index < -0.39 is 5.91 Å². The molecule has 0 saturated heterocycles. The molecule has 3 aromatic rings. The Bertz CT molecular complexity index is 908. The summed E-state index contributed by atoms with van der Waals surface area (Å²) in [6.45, 7) is 1.30. The van der Waals surface area contributed by atoms with Gasteiger partial charge in [0.05, 0.1) is 5.56 Å². The molecule has 138 valence electrons. The summed E-state index contributed by atoms with van der Waals surface area (Å²) >= 11 is 5.96. The molecule has 0 saturated carbocycles. The smallest absolute Gasteiger partial charge is 0.250 e. The zero-order valence-corrected chi connectivity index (χ0v) is 15.6. The minimum atomic E-state index is -0.451. The van der Waals surface area contributed by atoms with E-state index in [9.17, 15) is 9.90 Å². The third kappa shape index (κ3) is 5.02. The molecule has 5 heteroatoms. The van der Waals surface area contributed by atoms with E-state index in [2.05, 4.69) is 4.90 Å². The largest absolute Gasteiger partial charge is 0.508 e. The van der Waals surface area contributed by atoms with E-state index in [4.69, 9.17) is 17.3 Å². The van der Waals surface area contributed by atoms with Crippen LogP contribution in [0.1, 0.15) is 21.5 Å². The van der Waals surface area contributed by atoms with Crippen LogP contribution in [0.5, 0.6) is 5.75 Å². The van der Waals surface area contributed by atoms with Gasteiger partial charge in [0, 0.05) is 23.8 Å². The number of amides is 1. The van der Waals surface area contributed by atoms with Gasteiger partial charge in [0.1, 0.15) is 5.75 Å². The molecule has 0 fully saturated rings. The fourth-order valence-corrected chi connectivity index (χ4v) is 3.11. The van der Waals surface area contributed by atoms with Gasteiger partial charge in [-0.1, -0.05) is 48.0 Å². The maximum absolute atomic E-state index is 11.9. The molecule has 3 N–H and O–H groups in total. The van der Waals surface area contributed by atoms with Gasteiger partial charge in [-0.2, -0.15) is 0 Å². The van der Waals surface area contributed by atoms with Crippen LogP contribution in [-0.2, 0) is 13.0 Å². The minimum absolute atomic E-state index is 0.226. The third-order valence-electron chi connectivity index (χ3n) is 4.40. The number of primary amides is 1. The van der Waals surface area contributed by atoms with E-state index in [1.807, 2.05) is 54.6 Å². The fraction of sp³-hybridized carbons (Fsp3) is 0.136. The quantitative estimate of drug-likeness (QED) is 0.638. The molecule has 0 unspecified atom stereocenters. The molecule has 0 aliphatic heterocycles. The predicted octanol–water partition coefficient (Wildman–Crippen LogP) is 4.39. The molecule has 1 amide bonds. The number of aromatic hydroxyl groups is 1. The van der Waals surface area contributed by atoms with E-state index >= 15 is 0 Å². The Morgan fingerprint density at radius 3 is 2.22 bits per heavy atom. The van der Waals surface area contributed by atoms with Crippen LogP contribution in [0.4, 0.5) is 5.69 Å². The summed E-state index contributed by atoms with van der Waals surface area (Å²) in [7, 11) is 0. The fourth-order valence-electron chi connectivity index (χ4n) is 2.98. The molecule has 3 rings (SSSR count). The molecule has 0 bridgehead atoms. The molecule has 0 heterocycles. The highest BCUT2D eigenvalue weighted by atomic mass is 35.5. The SMILES string of the molecule is NC(=O)c1ccccc1N(CCc1ccc(Cl)cc1)Cc1ccc(O)cc1. The first kappa shape index (κ1) is 18.8. The zero-order valence-electron chi connectivity index (χ0n) is 14.8. The molecule has 0 radical (unpaired) electrons. The zero-order chi connectivity index (χ0) is 19.2. The average molecular weight is 381 g/mol. The molecule has 0 atom stereocenters. The number of halogens is 1. The van der Waals surface area contributed by atoms with E-state index in [1.165, 1.54) is 0 Å². The van der Waals surface area contributed by atoms with Crippen molar-refractivity contribution in [1.29, 1.82) is 0 Å². The highest BCUT2D eigenvalue weighted by Gasteiger charge is 2.15. The lowest BCUT2D eigenvalue weighted by atomic mass is 10.1. The first-order valence-electron chi connectivity index (χ1n) is 8.69. The van der Waals surface area contributed by atoms with Gasteiger partial charge in [-0.3, -0.25) is 4.79 Å². The Kier molecular flexibility index (Phi) is 5.99. The van der Waals surface area contributed by atoms with Crippen LogP contribution >= 0.6 is 11.6 Å². The summed E-state index contributed by atoms with van der Waals surface area (Å²) < 4.78 is 0. The second-order valence-corrected chi connectivity index (χ2v) is 6.78. The van der Waals surface area contributed by atoms with E-state index in [0.29, 0.717) is 23.7 Å². The van der Waals surface area contributed by atoms with Crippen molar-refractivity contribution in [2.45, 2.75) is 13.0 Å². The summed E-state index contributed by atoms with van der Waals surface area (Å²) in [6.07, 6.45) is 0.794. The lowest BCUT2D eigenvalue weighted by molar-refractivity contribution is 0.100. The van der Waals surface area contributed by atoms with Crippen molar-refractivity contribution < 1.29 is 9.90 Å². The molecule has 0 aliphatic rings. The number of carbonyl (C=O) groups excluding carboxylic acids is 1. The van der Waals surface area contributed by atoms with Crippen molar-refractivity contribution >= 4 is 23.2 Å². The first-order chi connectivity index (χ1) is 13.0. The topological polar surface area (TPSA) is 66.6 Å². The molecule has 4 nitrogen and oxygen atoms in total. The normalized spacial score (nSPS) is 10.6. The average Bonchev–Trinajstić information content (AvgIpc) is 2.68. The Hall–Kier alpha value is -2.98. The molecule has 0 aliphatic carbocycles. The van der Waals surface area contributed by atoms with Crippen molar-refractivity contribution in [3.8, 4) is 5.75 Å². The van der Waals surface area contributed by atoms with E-state index in [0.717, 1.165) is 23.2 Å². The number of phenols is 1. The summed E-state index contributed by atoms with van der Waals surface area (Å²) in [5.41, 5.74) is 9.06. The highest BCUT2D eigenvalue weighted by molar-refractivity contribution is 6.30. The Morgan fingerprint density at radius 1 is 0.926 bits per heavy atom. The maximum atomic E-state index is 11.9. The number of nitrogens with two attached hydrogens (primary N) is 1. The summed E-state index contributed by atoms with van der Waals surface area (Å²) in [5, 5.41) is 10.2. The van der Waals surface area contributed by atoms with Gasteiger partial charge >= 0.3 is 0 Å². The van der Waals surface area contributed by atoms with Crippen molar-refractivity contribution in [2.75, 3.05) is 11.4 Å². The van der Waals surface area contributed by atoms with Gasteiger partial charge < -0.3 is 15.7 Å². The van der Waals surface area contributed by atoms with Gasteiger partial charge in [0.2, 0.25) is 0 Å². The lowest BCUT2D eigenvalue weighted by Crippen LogP contribution is -2.28. The third-order valence-corrected chi connectivity index (χ3v) is 4.66. The van der Waals surface area contributed by atoms with Crippen LogP contribution in [0, 0.1) is 0 Å². The monoisotopic (exact) mass is 380 g/mol. The number of carbonyl (C=O) groups is 1. The lowest BCUT2D eigenvalue weighted by Gasteiger charge is -2.27. The van der Waals surface area contributed by atoms with Gasteiger partial charge in [-0.15, -0.1) is 0 Å². The predicted molar refractivity (Wildman–Crippen MR) is 109 cm³/mol. The molecule has 0 spiro atoms. The number of hydrogen-bond donors (Lipinski definition) is 2. The van der Waals surface area contributed by atoms with Gasteiger partial charge in [-0.05, 0) is 53.9 Å². The van der Waals surface area contributed by atoms with Crippen LogP contribution < -0.4 is 10.6 Å². The number of nitrogens with zero attached hydrogens (tertiary/aromatic N) is 1. The molecular weight excluding hydrogens is 360 g/mol. The minimum Gasteiger partial charge on any atom is -0.508 e. The molecular formula is C22H21ClN2O2. The van der Waals surface area contributed by atoms with Gasteiger partial charge in [-0.25, -0.2) is 0 Å². The number of rotatable bonds is 7. The Labute approximate surface area is 163 Å². The second-order valence-electron chi connectivity index (χ2n) is 6.35. The first-order valence-corrected chi connectivity index (χ1v) is 9.07. The molecule has 0 aromatic heterocycles. The van der Waals surface area contributed by atoms with Crippen molar-refractivity contribution in [3.05, 3.63) is 94.5 Å². The van der Waals surface area contributed by atoms with Crippen molar-refractivity contribution in [1.82, 2.24) is 0 Å². The van der Waals surface area contributed by atoms with Crippen LogP contribution in [0.3, 0.4) is 0 Å². The maximum Gasteiger partial charge on any atom is 0.250 e. The van der Waals surface area contributed by atoms with E-state index in [-0.39, 0.29) is 5.75 Å². The van der Waals surface area contributed by atoms with Crippen LogP contribution in [0.15, 0.2) is 72.8 Å². The number of phenolic OH excluding ortho intramolecular Hbond substituents is 1. The Balaban J connectivity index is 1.87. The highest BCUT2D eigenvalue weighted by Crippen LogP contribution is 2.24. The summed E-state index contributed by atoms with van der Waals surface area (Å²) in [5.74, 6) is -0.225. The van der Waals surface area contributed by atoms with Crippen LogP contribution in [0.25, 0.3) is 0 Å². The van der Waals surface area contributed by atoms with Crippen LogP contribution in [0.2, 0.25) is 5.02 Å². The van der Waals surface area contributed by atoms with E-state index in [1.54, 1.807) is 18.2 Å². The van der Waals surface area contributed by atoms with Crippen molar-refractivity contribution in [2.24, 2.45) is 5.73 Å². The van der Waals surface area contributed by atoms with Crippen molar-refractivity contribution in [3.63, 3.8) is 0 Å². The summed E-state index contributed by atoms with van der Waals surface area (Å²) in [6, 6.07) is 22.2. The number of para-hydroxylation sites is 1. The summed E-state index contributed by atoms with van der Waals surface area (Å²) in [4.78, 5) is 14.0. The molecule has 27 heavy (non-hydrogen) atoms. The second kappa shape index (κ2) is 8.60. The molecule has 3 aromatic carbocycles. The number of anilines is 1. The van der Waals surface area contributed by atoms with Crippen LogP contribution in [-0.4, -0.2) is 17.6 Å². The number of benzene rings is 3.